The van der Waals surface area contributed by atoms with E-state index in [0.29, 0.717) is 5.76 Å². The lowest BCUT2D eigenvalue weighted by Gasteiger charge is -2.04. The number of carbonyl (C=O) groups excluding carboxylic acids is 1. The molecule has 20 heavy (non-hydrogen) atoms. The van der Waals surface area contributed by atoms with Crippen molar-refractivity contribution in [3.8, 4) is 0 Å². The predicted octanol–water partition coefficient (Wildman–Crippen LogP) is 2.76. The van der Waals surface area contributed by atoms with Crippen molar-refractivity contribution in [2.75, 3.05) is 6.61 Å². The molecule has 5 nitrogen and oxygen atoms in total. The zero-order chi connectivity index (χ0) is 14.2. The van der Waals surface area contributed by atoms with Crippen LogP contribution < -0.4 is 0 Å². The molecule has 0 aliphatic rings. The summed E-state index contributed by atoms with van der Waals surface area (Å²) < 4.78 is 10.1. The normalized spacial score (nSPS) is 11.2. The molecule has 0 aliphatic carbocycles. The zero-order valence-electron chi connectivity index (χ0n) is 11.1. The molecule has 0 fully saturated rings. The molecule has 0 amide bonds. The van der Waals surface area contributed by atoms with Gasteiger partial charge in [-0.1, -0.05) is 35.5 Å². The molecule has 0 N–H and O–H groups in total. The van der Waals surface area contributed by atoms with Gasteiger partial charge in [0.1, 0.15) is 6.61 Å². The fraction of sp³-hybridized carbons (Fsp3) is 0.200. The highest BCUT2D eigenvalue weighted by Gasteiger charge is 2.19. The molecule has 0 atom stereocenters. The Morgan fingerprint density at radius 2 is 2.00 bits per heavy atom. The number of hydrogen-bond donors (Lipinski definition) is 0. The number of esters is 1. The van der Waals surface area contributed by atoms with Crippen LogP contribution in [0.1, 0.15) is 18.2 Å². The molecule has 0 saturated heterocycles. The molecule has 1 heterocycles. The molecule has 1 aromatic carbocycles. The van der Waals surface area contributed by atoms with Gasteiger partial charge in [-0.2, -0.15) is 0 Å². The van der Waals surface area contributed by atoms with E-state index in [0.717, 1.165) is 5.56 Å². The summed E-state index contributed by atoms with van der Waals surface area (Å²) in [7, 11) is 0. The Morgan fingerprint density at radius 3 is 2.65 bits per heavy atom. The SMILES string of the molecule is CCOC(=O)/C(=N/OCc1ccccc1)c1ccco1. The number of nitrogens with zero attached hydrogens (tertiary/aromatic N) is 1. The van der Waals surface area contributed by atoms with E-state index in [-0.39, 0.29) is 18.9 Å². The van der Waals surface area contributed by atoms with Crippen molar-refractivity contribution in [2.45, 2.75) is 13.5 Å². The number of carbonyl (C=O) groups is 1. The van der Waals surface area contributed by atoms with E-state index in [1.807, 2.05) is 30.3 Å². The van der Waals surface area contributed by atoms with E-state index in [4.69, 9.17) is 14.0 Å². The average Bonchev–Trinajstić information content (AvgIpc) is 2.99. The first kappa shape index (κ1) is 13.9. The summed E-state index contributed by atoms with van der Waals surface area (Å²) in [6.45, 7) is 2.25. The lowest BCUT2D eigenvalue weighted by atomic mass is 10.2. The molecule has 0 unspecified atom stereocenters. The van der Waals surface area contributed by atoms with E-state index in [1.165, 1.54) is 6.26 Å². The lowest BCUT2D eigenvalue weighted by Crippen LogP contribution is -2.18. The van der Waals surface area contributed by atoms with Crippen LogP contribution in [0.4, 0.5) is 0 Å². The molecule has 0 radical (unpaired) electrons. The van der Waals surface area contributed by atoms with Gasteiger partial charge in [0, 0.05) is 0 Å². The molecule has 0 saturated carbocycles. The van der Waals surface area contributed by atoms with E-state index < -0.39 is 5.97 Å². The minimum Gasteiger partial charge on any atom is -0.462 e. The van der Waals surface area contributed by atoms with Gasteiger partial charge in [-0.05, 0) is 24.6 Å². The predicted molar refractivity (Wildman–Crippen MR) is 73.1 cm³/mol. The van der Waals surface area contributed by atoms with Gasteiger partial charge in [-0.25, -0.2) is 4.79 Å². The van der Waals surface area contributed by atoms with E-state index in [1.54, 1.807) is 19.1 Å². The van der Waals surface area contributed by atoms with Crippen molar-refractivity contribution in [3.05, 3.63) is 60.1 Å². The van der Waals surface area contributed by atoms with Crippen LogP contribution in [0.5, 0.6) is 0 Å². The summed E-state index contributed by atoms with van der Waals surface area (Å²) in [6.07, 6.45) is 1.46. The van der Waals surface area contributed by atoms with Gasteiger partial charge in [-0.15, -0.1) is 0 Å². The van der Waals surface area contributed by atoms with Crippen LogP contribution in [-0.2, 0) is 21.0 Å². The molecule has 5 heteroatoms. The second-order valence-electron chi connectivity index (χ2n) is 3.90. The molecule has 1 aromatic heterocycles. The second-order valence-corrected chi connectivity index (χ2v) is 3.90. The van der Waals surface area contributed by atoms with Gasteiger partial charge in [0.05, 0.1) is 12.9 Å². The maximum atomic E-state index is 11.8. The summed E-state index contributed by atoms with van der Waals surface area (Å²) in [5.74, 6) is -0.257. The quantitative estimate of drug-likeness (QED) is 0.461. The monoisotopic (exact) mass is 273 g/mol. The van der Waals surface area contributed by atoms with Crippen molar-refractivity contribution in [3.63, 3.8) is 0 Å². The fourth-order valence-electron chi connectivity index (χ4n) is 1.54. The Bertz CT molecular complexity index is 561. The van der Waals surface area contributed by atoms with E-state index in [2.05, 4.69) is 5.16 Å². The van der Waals surface area contributed by atoms with Crippen LogP contribution in [0.25, 0.3) is 0 Å². The van der Waals surface area contributed by atoms with Gasteiger partial charge < -0.3 is 14.0 Å². The van der Waals surface area contributed by atoms with Crippen LogP contribution in [0, 0.1) is 0 Å². The Morgan fingerprint density at radius 1 is 1.20 bits per heavy atom. The molecule has 2 aromatic rings. The van der Waals surface area contributed by atoms with Gasteiger partial charge in [0.25, 0.3) is 0 Å². The molecule has 0 bridgehead atoms. The van der Waals surface area contributed by atoms with Crippen molar-refractivity contribution < 1.29 is 18.8 Å². The molecule has 104 valence electrons. The molecule has 0 aliphatic heterocycles. The number of rotatable bonds is 6. The minimum absolute atomic E-state index is 0.0211. The summed E-state index contributed by atoms with van der Waals surface area (Å²) in [4.78, 5) is 17.0. The zero-order valence-corrected chi connectivity index (χ0v) is 11.1. The summed E-state index contributed by atoms with van der Waals surface area (Å²) in [5, 5.41) is 3.83. The van der Waals surface area contributed by atoms with Gasteiger partial charge in [0.2, 0.25) is 5.71 Å². The maximum absolute atomic E-state index is 11.8. The van der Waals surface area contributed by atoms with Crippen molar-refractivity contribution >= 4 is 11.7 Å². The molecular weight excluding hydrogens is 258 g/mol. The Labute approximate surface area is 116 Å². The first-order valence-corrected chi connectivity index (χ1v) is 6.26. The Hall–Kier alpha value is -2.56. The topological polar surface area (TPSA) is 61.0 Å². The number of hydrogen-bond acceptors (Lipinski definition) is 5. The standard InChI is InChI=1S/C15H15NO4/c1-2-18-15(17)14(13-9-6-10-19-13)16-20-11-12-7-4-3-5-8-12/h3-10H,2,11H2,1H3/b16-14+. The molecular formula is C15H15NO4. The molecule has 2 rings (SSSR count). The largest absolute Gasteiger partial charge is 0.462 e. The average molecular weight is 273 g/mol. The van der Waals surface area contributed by atoms with Gasteiger partial charge >= 0.3 is 5.97 Å². The third-order valence-corrected chi connectivity index (χ3v) is 2.45. The molecule has 0 spiro atoms. The lowest BCUT2D eigenvalue weighted by molar-refractivity contribution is -0.135. The summed E-state index contributed by atoms with van der Waals surface area (Å²) in [6, 6.07) is 12.8. The Balaban J connectivity index is 2.07. The van der Waals surface area contributed by atoms with Crippen molar-refractivity contribution in [1.29, 1.82) is 0 Å². The number of ether oxygens (including phenoxy) is 1. The van der Waals surface area contributed by atoms with Crippen LogP contribution in [0.15, 0.2) is 58.3 Å². The number of furan rings is 1. The highest BCUT2D eigenvalue weighted by Crippen LogP contribution is 2.07. The van der Waals surface area contributed by atoms with Gasteiger partial charge in [-0.3, -0.25) is 0 Å². The van der Waals surface area contributed by atoms with Crippen molar-refractivity contribution in [2.24, 2.45) is 5.16 Å². The first-order valence-electron chi connectivity index (χ1n) is 6.26. The van der Waals surface area contributed by atoms with E-state index >= 15 is 0 Å². The Kier molecular flexibility index (Phi) is 4.94. The van der Waals surface area contributed by atoms with E-state index in [9.17, 15) is 4.79 Å². The maximum Gasteiger partial charge on any atom is 0.364 e. The second kappa shape index (κ2) is 7.13. The highest BCUT2D eigenvalue weighted by atomic mass is 16.6. The van der Waals surface area contributed by atoms with Crippen LogP contribution in [-0.4, -0.2) is 18.3 Å². The van der Waals surface area contributed by atoms with Crippen LogP contribution in [0.3, 0.4) is 0 Å². The fourth-order valence-corrected chi connectivity index (χ4v) is 1.54. The third-order valence-electron chi connectivity index (χ3n) is 2.45. The van der Waals surface area contributed by atoms with Gasteiger partial charge in [0.15, 0.2) is 5.76 Å². The summed E-state index contributed by atoms with van der Waals surface area (Å²) in [5.41, 5.74) is 0.978. The van der Waals surface area contributed by atoms with Crippen LogP contribution >= 0.6 is 0 Å². The van der Waals surface area contributed by atoms with Crippen molar-refractivity contribution in [1.82, 2.24) is 0 Å². The number of benzene rings is 1. The highest BCUT2D eigenvalue weighted by molar-refractivity contribution is 6.42. The van der Waals surface area contributed by atoms with Crippen LogP contribution in [0.2, 0.25) is 0 Å². The smallest absolute Gasteiger partial charge is 0.364 e. The minimum atomic E-state index is -0.574. The number of oxime groups is 1. The summed E-state index contributed by atoms with van der Waals surface area (Å²) >= 11 is 0. The third kappa shape index (κ3) is 3.71. The first-order chi connectivity index (χ1) is 9.81.